The van der Waals surface area contributed by atoms with E-state index in [4.69, 9.17) is 5.73 Å². The first kappa shape index (κ1) is 9.45. The molecular formula is C9H13N3OS. The highest BCUT2D eigenvalue weighted by Crippen LogP contribution is 2.16. The second-order valence-corrected chi connectivity index (χ2v) is 4.31. The normalized spacial score (nSPS) is 17.0. The van der Waals surface area contributed by atoms with Gasteiger partial charge in [-0.15, -0.1) is 11.3 Å². The molecule has 0 saturated carbocycles. The minimum Gasteiger partial charge on any atom is -0.375 e. The van der Waals surface area contributed by atoms with E-state index in [1.54, 1.807) is 5.38 Å². The topological polar surface area (TPSA) is 59.2 Å². The van der Waals surface area contributed by atoms with Gasteiger partial charge in [-0.05, 0) is 19.3 Å². The molecule has 5 heteroatoms. The molecule has 1 aliphatic heterocycles. The fourth-order valence-corrected chi connectivity index (χ4v) is 2.18. The van der Waals surface area contributed by atoms with E-state index >= 15 is 0 Å². The lowest BCUT2D eigenvalue weighted by atomic mass is 10.1. The molecule has 1 aromatic heterocycles. The number of piperidine rings is 1. The van der Waals surface area contributed by atoms with E-state index in [-0.39, 0.29) is 5.91 Å². The van der Waals surface area contributed by atoms with Crippen LogP contribution in [-0.2, 0) is 0 Å². The van der Waals surface area contributed by atoms with Gasteiger partial charge in [-0.2, -0.15) is 0 Å². The van der Waals surface area contributed by atoms with Gasteiger partial charge in [0.2, 0.25) is 0 Å². The SMILES string of the molecule is Nc1nc(C(=O)N2CCCCC2)cs1. The van der Waals surface area contributed by atoms with Crippen LogP contribution >= 0.6 is 11.3 Å². The summed E-state index contributed by atoms with van der Waals surface area (Å²) in [5, 5.41) is 2.19. The summed E-state index contributed by atoms with van der Waals surface area (Å²) in [6.45, 7) is 1.71. The van der Waals surface area contributed by atoms with Crippen LogP contribution in [0.25, 0.3) is 0 Å². The summed E-state index contributed by atoms with van der Waals surface area (Å²) in [5.74, 6) is 0.0256. The Hall–Kier alpha value is -1.10. The lowest BCUT2D eigenvalue weighted by Crippen LogP contribution is -2.35. The van der Waals surface area contributed by atoms with Crippen LogP contribution < -0.4 is 5.73 Å². The molecule has 1 saturated heterocycles. The molecule has 1 amide bonds. The number of nitrogens with two attached hydrogens (primary N) is 1. The van der Waals surface area contributed by atoms with Crippen LogP contribution in [0, 0.1) is 0 Å². The maximum atomic E-state index is 11.8. The van der Waals surface area contributed by atoms with Crippen LogP contribution in [0.1, 0.15) is 29.8 Å². The Bertz CT molecular complexity index is 331. The van der Waals surface area contributed by atoms with Crippen LogP contribution in [0.3, 0.4) is 0 Å². The van der Waals surface area contributed by atoms with E-state index in [1.807, 2.05) is 4.90 Å². The van der Waals surface area contributed by atoms with Crippen molar-refractivity contribution >= 4 is 22.4 Å². The molecule has 0 radical (unpaired) electrons. The Morgan fingerprint density at radius 3 is 2.71 bits per heavy atom. The molecule has 0 atom stereocenters. The lowest BCUT2D eigenvalue weighted by molar-refractivity contribution is 0.0719. The van der Waals surface area contributed by atoms with Gasteiger partial charge in [0.1, 0.15) is 5.69 Å². The zero-order valence-corrected chi connectivity index (χ0v) is 8.72. The van der Waals surface area contributed by atoms with Gasteiger partial charge in [0.25, 0.3) is 5.91 Å². The van der Waals surface area contributed by atoms with Crippen molar-refractivity contribution in [1.29, 1.82) is 0 Å². The Balaban J connectivity index is 2.07. The first-order valence-corrected chi connectivity index (χ1v) is 5.65. The molecule has 0 aliphatic carbocycles. The van der Waals surface area contributed by atoms with Gasteiger partial charge in [-0.1, -0.05) is 0 Å². The van der Waals surface area contributed by atoms with E-state index in [2.05, 4.69) is 4.98 Å². The van der Waals surface area contributed by atoms with Crippen LogP contribution in [-0.4, -0.2) is 28.9 Å². The molecule has 1 aliphatic rings. The molecule has 14 heavy (non-hydrogen) atoms. The number of rotatable bonds is 1. The van der Waals surface area contributed by atoms with Gasteiger partial charge in [0, 0.05) is 18.5 Å². The summed E-state index contributed by atoms with van der Waals surface area (Å²) in [6, 6.07) is 0. The minimum atomic E-state index is 0.0256. The summed E-state index contributed by atoms with van der Waals surface area (Å²) in [7, 11) is 0. The number of anilines is 1. The number of hydrogen-bond acceptors (Lipinski definition) is 4. The summed E-state index contributed by atoms with van der Waals surface area (Å²) < 4.78 is 0. The van der Waals surface area contributed by atoms with E-state index in [1.165, 1.54) is 17.8 Å². The van der Waals surface area contributed by atoms with Crippen molar-refractivity contribution in [3.8, 4) is 0 Å². The van der Waals surface area contributed by atoms with Crippen molar-refractivity contribution in [3.05, 3.63) is 11.1 Å². The first-order valence-electron chi connectivity index (χ1n) is 4.77. The molecule has 2 N–H and O–H groups in total. The quantitative estimate of drug-likeness (QED) is 0.762. The number of likely N-dealkylation sites (tertiary alicyclic amines) is 1. The monoisotopic (exact) mass is 211 g/mol. The zero-order valence-electron chi connectivity index (χ0n) is 7.90. The Morgan fingerprint density at radius 2 is 2.14 bits per heavy atom. The van der Waals surface area contributed by atoms with E-state index in [0.717, 1.165) is 25.9 Å². The smallest absolute Gasteiger partial charge is 0.273 e. The second kappa shape index (κ2) is 3.96. The molecule has 0 bridgehead atoms. The molecule has 0 aromatic carbocycles. The summed E-state index contributed by atoms with van der Waals surface area (Å²) >= 11 is 1.32. The standard InChI is InChI=1S/C9H13N3OS/c10-9-11-7(6-14-9)8(13)12-4-2-1-3-5-12/h6H,1-5H2,(H2,10,11). The molecule has 0 spiro atoms. The number of thiazole rings is 1. The van der Waals surface area contributed by atoms with Crippen LogP contribution in [0.4, 0.5) is 5.13 Å². The number of carbonyl (C=O) groups is 1. The molecule has 0 unspecified atom stereocenters. The predicted molar refractivity (Wildman–Crippen MR) is 56.3 cm³/mol. The van der Waals surface area contributed by atoms with E-state index < -0.39 is 0 Å². The Labute approximate surface area is 86.7 Å². The first-order chi connectivity index (χ1) is 6.77. The van der Waals surface area contributed by atoms with Gasteiger partial charge in [-0.3, -0.25) is 4.79 Å². The number of carbonyl (C=O) groups excluding carboxylic acids is 1. The lowest BCUT2D eigenvalue weighted by Gasteiger charge is -2.25. The molecule has 2 heterocycles. The van der Waals surface area contributed by atoms with Crippen molar-refractivity contribution < 1.29 is 4.79 Å². The van der Waals surface area contributed by atoms with Crippen LogP contribution in [0.2, 0.25) is 0 Å². The number of amides is 1. The van der Waals surface area contributed by atoms with Gasteiger partial charge in [0.15, 0.2) is 5.13 Å². The number of hydrogen-bond donors (Lipinski definition) is 1. The van der Waals surface area contributed by atoms with E-state index in [0.29, 0.717) is 10.8 Å². The van der Waals surface area contributed by atoms with E-state index in [9.17, 15) is 4.79 Å². The highest BCUT2D eigenvalue weighted by atomic mass is 32.1. The fraction of sp³-hybridized carbons (Fsp3) is 0.556. The molecule has 1 aromatic rings. The third-order valence-corrected chi connectivity index (χ3v) is 3.06. The molecule has 2 rings (SSSR count). The third-order valence-electron chi connectivity index (χ3n) is 2.38. The molecule has 76 valence electrons. The number of nitrogens with zero attached hydrogens (tertiary/aromatic N) is 2. The largest absolute Gasteiger partial charge is 0.375 e. The van der Waals surface area contributed by atoms with Gasteiger partial charge >= 0.3 is 0 Å². The summed E-state index contributed by atoms with van der Waals surface area (Å²) in [6.07, 6.45) is 3.43. The molecule has 4 nitrogen and oxygen atoms in total. The van der Waals surface area contributed by atoms with Crippen molar-refractivity contribution in [2.75, 3.05) is 18.8 Å². The van der Waals surface area contributed by atoms with Crippen LogP contribution in [0.15, 0.2) is 5.38 Å². The van der Waals surface area contributed by atoms with Gasteiger partial charge < -0.3 is 10.6 Å². The third kappa shape index (κ3) is 1.87. The van der Waals surface area contributed by atoms with Crippen LogP contribution in [0.5, 0.6) is 0 Å². The van der Waals surface area contributed by atoms with Gasteiger partial charge in [0.05, 0.1) is 0 Å². The highest BCUT2D eigenvalue weighted by molar-refractivity contribution is 7.13. The Kier molecular flexibility index (Phi) is 2.67. The predicted octanol–water partition coefficient (Wildman–Crippen LogP) is 1.35. The summed E-state index contributed by atoms with van der Waals surface area (Å²) in [4.78, 5) is 17.7. The second-order valence-electron chi connectivity index (χ2n) is 3.42. The maximum Gasteiger partial charge on any atom is 0.273 e. The van der Waals surface area contributed by atoms with Crippen molar-refractivity contribution in [1.82, 2.24) is 9.88 Å². The zero-order chi connectivity index (χ0) is 9.97. The minimum absolute atomic E-state index is 0.0256. The summed E-state index contributed by atoms with van der Waals surface area (Å²) in [5.41, 5.74) is 5.98. The average molecular weight is 211 g/mol. The number of aromatic nitrogens is 1. The van der Waals surface area contributed by atoms with Gasteiger partial charge in [-0.25, -0.2) is 4.98 Å². The average Bonchev–Trinajstić information content (AvgIpc) is 2.65. The Morgan fingerprint density at radius 1 is 1.43 bits per heavy atom. The van der Waals surface area contributed by atoms with Crippen molar-refractivity contribution in [2.45, 2.75) is 19.3 Å². The van der Waals surface area contributed by atoms with Crippen molar-refractivity contribution in [2.24, 2.45) is 0 Å². The number of nitrogen functional groups attached to an aromatic ring is 1. The highest BCUT2D eigenvalue weighted by Gasteiger charge is 2.19. The molecule has 1 fully saturated rings. The molecular weight excluding hydrogens is 198 g/mol. The maximum absolute atomic E-state index is 11.8. The van der Waals surface area contributed by atoms with Crippen molar-refractivity contribution in [3.63, 3.8) is 0 Å². The fourth-order valence-electron chi connectivity index (χ4n) is 1.64.